The normalized spacial score (nSPS) is 12.5. The molecule has 82 valence electrons. The van der Waals surface area contributed by atoms with Crippen LogP contribution in [0.1, 0.15) is 23.7 Å². The SMILES string of the molecule is COC(C)CC(=O)c1ccc(Cl)c(Cl)c1. The molecule has 1 aromatic rings. The molecule has 1 unspecified atom stereocenters. The molecule has 0 aromatic heterocycles. The zero-order valence-electron chi connectivity index (χ0n) is 8.59. The van der Waals surface area contributed by atoms with Gasteiger partial charge in [-0.25, -0.2) is 0 Å². The molecule has 15 heavy (non-hydrogen) atoms. The van der Waals surface area contributed by atoms with Crippen molar-refractivity contribution in [1.29, 1.82) is 0 Å². The molecule has 0 spiro atoms. The van der Waals surface area contributed by atoms with Crippen molar-refractivity contribution in [3.8, 4) is 0 Å². The molecule has 0 aliphatic heterocycles. The van der Waals surface area contributed by atoms with Crippen molar-refractivity contribution in [3.63, 3.8) is 0 Å². The summed E-state index contributed by atoms with van der Waals surface area (Å²) in [6.07, 6.45) is 0.251. The van der Waals surface area contributed by atoms with Crippen molar-refractivity contribution >= 4 is 29.0 Å². The van der Waals surface area contributed by atoms with E-state index >= 15 is 0 Å². The highest BCUT2D eigenvalue weighted by atomic mass is 35.5. The van der Waals surface area contributed by atoms with E-state index in [1.807, 2.05) is 6.92 Å². The minimum Gasteiger partial charge on any atom is -0.381 e. The second kappa shape index (κ2) is 5.50. The maximum atomic E-state index is 11.7. The van der Waals surface area contributed by atoms with Crippen LogP contribution in [0.5, 0.6) is 0 Å². The Morgan fingerprint density at radius 2 is 2.07 bits per heavy atom. The van der Waals surface area contributed by atoms with E-state index in [4.69, 9.17) is 27.9 Å². The molecule has 1 rings (SSSR count). The van der Waals surface area contributed by atoms with E-state index in [0.717, 1.165) is 0 Å². The lowest BCUT2D eigenvalue weighted by Crippen LogP contribution is -2.12. The Hall–Kier alpha value is -0.570. The topological polar surface area (TPSA) is 26.3 Å². The molecule has 4 heteroatoms. The minimum atomic E-state index is -0.0908. The van der Waals surface area contributed by atoms with Gasteiger partial charge in [0.2, 0.25) is 0 Å². The summed E-state index contributed by atoms with van der Waals surface area (Å²) >= 11 is 11.6. The average molecular weight is 247 g/mol. The number of ether oxygens (including phenoxy) is 1. The van der Waals surface area contributed by atoms with E-state index in [-0.39, 0.29) is 11.9 Å². The second-order valence-electron chi connectivity index (χ2n) is 3.30. The number of ketones is 1. The number of methoxy groups -OCH3 is 1. The van der Waals surface area contributed by atoms with Crippen LogP contribution in [0.2, 0.25) is 10.0 Å². The quantitative estimate of drug-likeness (QED) is 0.760. The van der Waals surface area contributed by atoms with Crippen LogP contribution in [0, 0.1) is 0 Å². The number of carbonyl (C=O) groups excluding carboxylic acids is 1. The molecule has 0 aliphatic carbocycles. The predicted octanol–water partition coefficient (Wildman–Crippen LogP) is 3.60. The molecule has 2 nitrogen and oxygen atoms in total. The third-order valence-corrected chi connectivity index (χ3v) is 2.86. The van der Waals surface area contributed by atoms with Gasteiger partial charge < -0.3 is 4.74 Å². The Bertz CT molecular complexity index is 364. The van der Waals surface area contributed by atoms with Gasteiger partial charge in [-0.15, -0.1) is 0 Å². The van der Waals surface area contributed by atoms with Gasteiger partial charge >= 0.3 is 0 Å². The molecule has 0 saturated carbocycles. The largest absolute Gasteiger partial charge is 0.381 e. The van der Waals surface area contributed by atoms with Gasteiger partial charge in [-0.05, 0) is 25.1 Å². The lowest BCUT2D eigenvalue weighted by molar-refractivity contribution is 0.0792. The predicted molar refractivity (Wildman–Crippen MR) is 61.9 cm³/mol. The van der Waals surface area contributed by atoms with E-state index in [9.17, 15) is 4.79 Å². The fourth-order valence-electron chi connectivity index (χ4n) is 1.13. The van der Waals surface area contributed by atoms with Crippen molar-refractivity contribution in [1.82, 2.24) is 0 Å². The molecule has 0 aliphatic rings. The molecule has 1 aromatic carbocycles. The highest BCUT2D eigenvalue weighted by Gasteiger charge is 2.11. The van der Waals surface area contributed by atoms with Crippen molar-refractivity contribution in [2.45, 2.75) is 19.4 Å². The Kier molecular flexibility index (Phi) is 4.58. The Labute approximate surface area is 99.1 Å². The zero-order chi connectivity index (χ0) is 11.4. The Morgan fingerprint density at radius 3 is 2.60 bits per heavy atom. The standard InChI is InChI=1S/C11H12Cl2O2/c1-7(15-2)5-11(14)8-3-4-9(12)10(13)6-8/h3-4,6-7H,5H2,1-2H3. The number of hydrogen-bond acceptors (Lipinski definition) is 2. The van der Waals surface area contributed by atoms with Crippen LogP contribution in [0.15, 0.2) is 18.2 Å². The van der Waals surface area contributed by atoms with Crippen LogP contribution >= 0.6 is 23.2 Å². The van der Waals surface area contributed by atoms with Crippen LogP contribution < -0.4 is 0 Å². The van der Waals surface area contributed by atoms with Crippen LogP contribution in [0.25, 0.3) is 0 Å². The summed E-state index contributed by atoms with van der Waals surface area (Å²) in [6.45, 7) is 1.84. The smallest absolute Gasteiger partial charge is 0.165 e. The van der Waals surface area contributed by atoms with Gasteiger partial charge in [-0.3, -0.25) is 4.79 Å². The van der Waals surface area contributed by atoms with E-state index in [1.54, 1.807) is 25.3 Å². The first kappa shape index (κ1) is 12.5. The zero-order valence-corrected chi connectivity index (χ0v) is 10.1. The molecule has 1 atom stereocenters. The van der Waals surface area contributed by atoms with E-state index in [0.29, 0.717) is 22.0 Å². The van der Waals surface area contributed by atoms with Gasteiger partial charge in [0, 0.05) is 19.1 Å². The van der Waals surface area contributed by atoms with Crippen LogP contribution in [-0.4, -0.2) is 19.0 Å². The number of halogens is 2. The maximum absolute atomic E-state index is 11.7. The molecular weight excluding hydrogens is 235 g/mol. The molecule has 0 radical (unpaired) electrons. The summed E-state index contributed by atoms with van der Waals surface area (Å²) in [5.41, 5.74) is 0.563. The van der Waals surface area contributed by atoms with E-state index in [2.05, 4.69) is 0 Å². The summed E-state index contributed by atoms with van der Waals surface area (Å²) in [5, 5.41) is 0.848. The summed E-state index contributed by atoms with van der Waals surface area (Å²) in [6, 6.07) is 4.86. The van der Waals surface area contributed by atoms with Crippen LogP contribution in [0.3, 0.4) is 0 Å². The lowest BCUT2D eigenvalue weighted by Gasteiger charge is -2.08. The number of rotatable bonds is 4. The number of benzene rings is 1. The first-order valence-electron chi connectivity index (χ1n) is 4.55. The maximum Gasteiger partial charge on any atom is 0.165 e. The molecule has 0 bridgehead atoms. The minimum absolute atomic E-state index is 0.00270. The van der Waals surface area contributed by atoms with E-state index in [1.165, 1.54) is 0 Å². The van der Waals surface area contributed by atoms with Crippen LogP contribution in [0.4, 0.5) is 0 Å². The molecule has 0 amide bonds. The van der Waals surface area contributed by atoms with Gasteiger partial charge in [0.1, 0.15) is 0 Å². The van der Waals surface area contributed by atoms with Crippen molar-refractivity contribution in [3.05, 3.63) is 33.8 Å². The first-order valence-corrected chi connectivity index (χ1v) is 5.31. The Morgan fingerprint density at radius 1 is 1.40 bits per heavy atom. The molecule has 0 saturated heterocycles. The summed E-state index contributed by atoms with van der Waals surface area (Å²) in [5.74, 6) is 0.00270. The van der Waals surface area contributed by atoms with Crippen LogP contribution in [-0.2, 0) is 4.74 Å². The van der Waals surface area contributed by atoms with Gasteiger partial charge in [-0.2, -0.15) is 0 Å². The number of hydrogen-bond donors (Lipinski definition) is 0. The fraction of sp³-hybridized carbons (Fsp3) is 0.364. The summed E-state index contributed by atoms with van der Waals surface area (Å²) < 4.78 is 5.02. The fourth-order valence-corrected chi connectivity index (χ4v) is 1.43. The van der Waals surface area contributed by atoms with Gasteiger partial charge in [0.25, 0.3) is 0 Å². The Balaban J connectivity index is 2.78. The average Bonchev–Trinajstić information content (AvgIpc) is 2.21. The van der Waals surface area contributed by atoms with Crippen molar-refractivity contribution in [2.75, 3.05) is 7.11 Å². The second-order valence-corrected chi connectivity index (χ2v) is 4.12. The highest BCUT2D eigenvalue weighted by Crippen LogP contribution is 2.23. The molecule has 0 heterocycles. The van der Waals surface area contributed by atoms with Crippen molar-refractivity contribution in [2.24, 2.45) is 0 Å². The first-order chi connectivity index (χ1) is 7.04. The number of carbonyl (C=O) groups is 1. The summed E-state index contributed by atoms with van der Waals surface area (Å²) in [7, 11) is 1.58. The molecular formula is C11H12Cl2O2. The number of Topliss-reactive ketones (excluding diaryl/α,β-unsaturated/α-hetero) is 1. The van der Waals surface area contributed by atoms with Gasteiger partial charge in [-0.1, -0.05) is 23.2 Å². The monoisotopic (exact) mass is 246 g/mol. The highest BCUT2D eigenvalue weighted by molar-refractivity contribution is 6.42. The molecule has 0 fully saturated rings. The van der Waals surface area contributed by atoms with Gasteiger partial charge in [0.15, 0.2) is 5.78 Å². The third-order valence-electron chi connectivity index (χ3n) is 2.12. The van der Waals surface area contributed by atoms with Crippen molar-refractivity contribution < 1.29 is 9.53 Å². The summed E-state index contributed by atoms with van der Waals surface area (Å²) in [4.78, 5) is 11.7. The van der Waals surface area contributed by atoms with E-state index < -0.39 is 0 Å². The third kappa shape index (κ3) is 3.49. The lowest BCUT2D eigenvalue weighted by atomic mass is 10.1. The molecule has 0 N–H and O–H groups in total. The van der Waals surface area contributed by atoms with Gasteiger partial charge in [0.05, 0.1) is 16.1 Å².